The Morgan fingerprint density at radius 2 is 1.85 bits per heavy atom. The van der Waals surface area contributed by atoms with Crippen molar-refractivity contribution >= 4 is 11.7 Å². The molecular formula is C23H37NO3. The topological polar surface area (TPSA) is 47.9 Å². The number of ether oxygens (including phenoxy) is 1. The van der Waals surface area contributed by atoms with E-state index in [4.69, 9.17) is 9.57 Å². The summed E-state index contributed by atoms with van der Waals surface area (Å²) in [7, 11) is 1.68. The first-order valence-corrected chi connectivity index (χ1v) is 11.0. The van der Waals surface area contributed by atoms with Gasteiger partial charge in [0.05, 0.1) is 17.7 Å². The Morgan fingerprint density at radius 3 is 2.56 bits per heavy atom. The maximum atomic E-state index is 13.0. The molecule has 0 unspecified atom stereocenters. The number of carbonyl (C=O) groups excluding carboxylic acids is 1. The summed E-state index contributed by atoms with van der Waals surface area (Å²) >= 11 is 0. The summed E-state index contributed by atoms with van der Waals surface area (Å²) in [5.74, 6) is 1.18. The van der Waals surface area contributed by atoms with Gasteiger partial charge in [-0.1, -0.05) is 25.4 Å². The largest absolute Gasteiger partial charge is 0.466 e. The van der Waals surface area contributed by atoms with Crippen molar-refractivity contribution in [3.8, 4) is 0 Å². The number of carbonyl (C=O) groups is 1. The second-order valence-electron chi connectivity index (χ2n) is 10.7. The van der Waals surface area contributed by atoms with E-state index >= 15 is 0 Å². The SMILES string of the molecule is CCOC(=O)[C@]1(C)CCC[C@@]2(C)[C@@H]3CC[C@@]4(C)C[C@]3(CC[C@@H]21)C/C4=N\OC. The van der Waals surface area contributed by atoms with E-state index in [0.29, 0.717) is 23.9 Å². The molecule has 0 aliphatic heterocycles. The molecule has 4 aliphatic rings. The third-order valence-electron chi connectivity index (χ3n) is 9.33. The fourth-order valence-electron chi connectivity index (χ4n) is 8.32. The minimum Gasteiger partial charge on any atom is -0.466 e. The van der Waals surface area contributed by atoms with E-state index in [1.165, 1.54) is 37.8 Å². The third kappa shape index (κ3) is 2.54. The quantitative estimate of drug-likeness (QED) is 0.493. The lowest BCUT2D eigenvalue weighted by Gasteiger charge is -2.64. The fraction of sp³-hybridized carbons (Fsp3) is 0.913. The van der Waals surface area contributed by atoms with Gasteiger partial charge in [0, 0.05) is 5.41 Å². The Hall–Kier alpha value is -1.06. The number of nitrogens with zero attached hydrogens (tertiary/aromatic N) is 1. The number of hydrogen-bond donors (Lipinski definition) is 0. The van der Waals surface area contributed by atoms with Gasteiger partial charge in [0.15, 0.2) is 0 Å². The van der Waals surface area contributed by atoms with Crippen LogP contribution in [0.3, 0.4) is 0 Å². The van der Waals surface area contributed by atoms with Crippen LogP contribution in [0.1, 0.15) is 85.5 Å². The average Bonchev–Trinajstić information content (AvgIpc) is 2.80. The summed E-state index contributed by atoms with van der Waals surface area (Å²) in [5, 5.41) is 4.47. The maximum Gasteiger partial charge on any atom is 0.312 e. The Balaban J connectivity index is 1.70. The highest BCUT2D eigenvalue weighted by Gasteiger charge is 2.67. The monoisotopic (exact) mass is 375 g/mol. The summed E-state index contributed by atoms with van der Waals surface area (Å²) in [6.45, 7) is 9.52. The molecule has 0 saturated heterocycles. The van der Waals surface area contributed by atoms with E-state index in [1.807, 2.05) is 6.92 Å². The zero-order chi connectivity index (χ0) is 19.5. The first-order chi connectivity index (χ1) is 12.7. The molecule has 4 rings (SSSR count). The van der Waals surface area contributed by atoms with Crippen LogP contribution in [0.15, 0.2) is 5.16 Å². The molecule has 4 saturated carbocycles. The molecule has 0 aromatic rings. The lowest BCUT2D eigenvalue weighted by atomic mass is 9.40. The molecule has 2 bridgehead atoms. The highest BCUT2D eigenvalue weighted by molar-refractivity contribution is 5.93. The summed E-state index contributed by atoms with van der Waals surface area (Å²) < 4.78 is 5.56. The number of hydrogen-bond acceptors (Lipinski definition) is 4. The van der Waals surface area contributed by atoms with Crippen LogP contribution >= 0.6 is 0 Å². The summed E-state index contributed by atoms with van der Waals surface area (Å²) in [6.07, 6.45) is 10.6. The predicted molar refractivity (Wildman–Crippen MR) is 106 cm³/mol. The second kappa shape index (κ2) is 6.22. The lowest BCUT2D eigenvalue weighted by molar-refractivity contribution is -0.187. The van der Waals surface area contributed by atoms with Crippen molar-refractivity contribution in [2.45, 2.75) is 85.5 Å². The minimum absolute atomic E-state index is 0.0468. The van der Waals surface area contributed by atoms with Crippen LogP contribution in [0.4, 0.5) is 0 Å². The second-order valence-corrected chi connectivity index (χ2v) is 10.7. The molecule has 0 N–H and O–H groups in total. The standard InChI is InChI=1S/C23H37NO3/c1-6-27-19(25)22(4)11-7-10-21(3)16(22)9-13-23-14-18(24-26-5)20(2,15-23)12-8-17(21)23/h16-17H,6-15H2,1-5H3/b24-18+/t16-,17-,20-,21+,22+,23-/m0/s1. The number of esters is 1. The molecule has 0 heterocycles. The van der Waals surface area contributed by atoms with E-state index in [9.17, 15) is 4.79 Å². The minimum atomic E-state index is -0.312. The summed E-state index contributed by atoms with van der Waals surface area (Å²) in [6, 6.07) is 0. The molecule has 4 heteroatoms. The highest BCUT2D eigenvalue weighted by atomic mass is 16.6. The van der Waals surface area contributed by atoms with Gasteiger partial charge >= 0.3 is 5.97 Å². The van der Waals surface area contributed by atoms with Gasteiger partial charge in [-0.15, -0.1) is 0 Å². The zero-order valence-electron chi connectivity index (χ0n) is 17.9. The molecular weight excluding hydrogens is 338 g/mol. The van der Waals surface area contributed by atoms with E-state index in [0.717, 1.165) is 25.7 Å². The molecule has 4 fully saturated rings. The van der Waals surface area contributed by atoms with E-state index in [-0.39, 0.29) is 22.2 Å². The van der Waals surface area contributed by atoms with E-state index < -0.39 is 0 Å². The molecule has 0 aromatic heterocycles. The van der Waals surface area contributed by atoms with Crippen molar-refractivity contribution < 1.29 is 14.4 Å². The summed E-state index contributed by atoms with van der Waals surface area (Å²) in [4.78, 5) is 18.2. The first-order valence-electron chi connectivity index (χ1n) is 11.0. The number of fused-ring (bicyclic) bond motifs is 3. The molecule has 4 aliphatic carbocycles. The van der Waals surface area contributed by atoms with Gasteiger partial charge in [-0.3, -0.25) is 4.79 Å². The lowest BCUT2D eigenvalue weighted by Crippen LogP contribution is -2.58. The predicted octanol–water partition coefficient (Wildman–Crippen LogP) is 5.35. The van der Waals surface area contributed by atoms with Crippen molar-refractivity contribution in [3.05, 3.63) is 0 Å². The Bertz CT molecular complexity index is 660. The van der Waals surface area contributed by atoms with Crippen LogP contribution < -0.4 is 0 Å². The highest BCUT2D eigenvalue weighted by Crippen LogP contribution is 2.73. The molecule has 0 aromatic carbocycles. The van der Waals surface area contributed by atoms with Gasteiger partial charge in [0.2, 0.25) is 0 Å². The van der Waals surface area contributed by atoms with Gasteiger partial charge in [0.25, 0.3) is 0 Å². The molecule has 27 heavy (non-hydrogen) atoms. The van der Waals surface area contributed by atoms with Crippen LogP contribution in [-0.4, -0.2) is 25.4 Å². The fourth-order valence-corrected chi connectivity index (χ4v) is 8.32. The maximum absolute atomic E-state index is 13.0. The number of rotatable bonds is 3. The van der Waals surface area contributed by atoms with Crippen molar-refractivity contribution in [1.82, 2.24) is 0 Å². The van der Waals surface area contributed by atoms with Crippen molar-refractivity contribution in [2.75, 3.05) is 13.7 Å². The van der Waals surface area contributed by atoms with Crippen LogP contribution in [0.5, 0.6) is 0 Å². The van der Waals surface area contributed by atoms with Gasteiger partial charge < -0.3 is 9.57 Å². The molecule has 6 atom stereocenters. The summed E-state index contributed by atoms with van der Waals surface area (Å²) in [5.41, 5.74) is 1.80. The van der Waals surface area contributed by atoms with Gasteiger partial charge in [-0.25, -0.2) is 0 Å². The van der Waals surface area contributed by atoms with Gasteiger partial charge in [-0.05, 0) is 87.9 Å². The average molecular weight is 376 g/mol. The van der Waals surface area contributed by atoms with Crippen LogP contribution in [0, 0.1) is 33.5 Å². The Kier molecular flexibility index (Phi) is 4.44. The van der Waals surface area contributed by atoms with Gasteiger partial charge in [0.1, 0.15) is 7.11 Å². The molecule has 0 amide bonds. The number of oxime groups is 1. The van der Waals surface area contributed by atoms with Crippen LogP contribution in [0.25, 0.3) is 0 Å². The smallest absolute Gasteiger partial charge is 0.312 e. The van der Waals surface area contributed by atoms with E-state index in [2.05, 4.69) is 25.9 Å². The molecule has 1 spiro atoms. The van der Waals surface area contributed by atoms with Crippen molar-refractivity contribution in [2.24, 2.45) is 38.7 Å². The Labute approximate surface area is 164 Å². The first kappa shape index (κ1) is 19.3. The normalized spacial score (nSPS) is 50.0. The molecule has 4 nitrogen and oxygen atoms in total. The van der Waals surface area contributed by atoms with Crippen molar-refractivity contribution in [3.63, 3.8) is 0 Å². The van der Waals surface area contributed by atoms with E-state index in [1.54, 1.807) is 7.11 Å². The zero-order valence-corrected chi connectivity index (χ0v) is 17.9. The Morgan fingerprint density at radius 1 is 1.11 bits per heavy atom. The van der Waals surface area contributed by atoms with Crippen molar-refractivity contribution in [1.29, 1.82) is 0 Å². The third-order valence-corrected chi connectivity index (χ3v) is 9.33. The molecule has 0 radical (unpaired) electrons. The molecule has 152 valence electrons. The van der Waals surface area contributed by atoms with Crippen LogP contribution in [-0.2, 0) is 14.4 Å². The van der Waals surface area contributed by atoms with Gasteiger partial charge in [-0.2, -0.15) is 0 Å². The van der Waals surface area contributed by atoms with Crippen LogP contribution in [0.2, 0.25) is 0 Å².